The second kappa shape index (κ2) is 8.98. The summed E-state index contributed by atoms with van der Waals surface area (Å²) in [7, 11) is 0. The number of nitrogens with one attached hydrogen (secondary N) is 1. The molecule has 3 nitrogen and oxygen atoms in total. The van der Waals surface area contributed by atoms with Gasteiger partial charge in [0.15, 0.2) is 0 Å². The monoisotopic (exact) mass is 278 g/mol. The van der Waals surface area contributed by atoms with Gasteiger partial charge in [-0.2, -0.15) is 0 Å². The lowest BCUT2D eigenvalue weighted by molar-refractivity contribution is 0.220. The summed E-state index contributed by atoms with van der Waals surface area (Å²) in [6.45, 7) is 15.7. The van der Waals surface area contributed by atoms with Crippen molar-refractivity contribution in [1.82, 2.24) is 10.2 Å². The molecule has 0 amide bonds. The number of benzene rings is 1. The zero-order chi connectivity index (χ0) is 15.0. The van der Waals surface area contributed by atoms with Gasteiger partial charge in [0, 0.05) is 18.2 Å². The van der Waals surface area contributed by atoms with Gasteiger partial charge in [0.1, 0.15) is 12.4 Å². The van der Waals surface area contributed by atoms with Gasteiger partial charge in [-0.15, -0.1) is 0 Å². The van der Waals surface area contributed by atoms with Gasteiger partial charge in [-0.1, -0.05) is 32.9 Å². The van der Waals surface area contributed by atoms with Gasteiger partial charge in [-0.25, -0.2) is 0 Å². The first-order chi connectivity index (χ1) is 9.62. The van der Waals surface area contributed by atoms with Crippen LogP contribution in [0.5, 0.6) is 5.75 Å². The normalized spacial score (nSPS) is 12.7. The van der Waals surface area contributed by atoms with Crippen LogP contribution in [0.2, 0.25) is 0 Å². The maximum Gasteiger partial charge on any atom is 0.124 e. The average Bonchev–Trinajstić information content (AvgIpc) is 2.44. The van der Waals surface area contributed by atoms with E-state index in [0.717, 1.165) is 38.5 Å². The Kier molecular flexibility index (Phi) is 7.63. The molecular weight excluding hydrogens is 248 g/mol. The van der Waals surface area contributed by atoms with Crippen molar-refractivity contribution in [3.8, 4) is 5.75 Å². The molecule has 1 unspecified atom stereocenters. The van der Waals surface area contributed by atoms with Gasteiger partial charge in [0.2, 0.25) is 0 Å². The van der Waals surface area contributed by atoms with Crippen molar-refractivity contribution in [2.45, 2.75) is 40.7 Å². The Morgan fingerprint density at radius 3 is 2.50 bits per heavy atom. The molecule has 1 aromatic carbocycles. The summed E-state index contributed by atoms with van der Waals surface area (Å²) in [5, 5.41) is 3.45. The summed E-state index contributed by atoms with van der Waals surface area (Å²) < 4.78 is 6.04. The molecule has 0 heterocycles. The molecule has 1 atom stereocenters. The summed E-state index contributed by atoms with van der Waals surface area (Å²) in [6, 6.07) is 6.80. The fourth-order valence-corrected chi connectivity index (χ4v) is 2.36. The highest BCUT2D eigenvalue weighted by Crippen LogP contribution is 2.26. The maximum absolute atomic E-state index is 6.04. The van der Waals surface area contributed by atoms with E-state index in [1.165, 1.54) is 11.1 Å². The van der Waals surface area contributed by atoms with Gasteiger partial charge in [0.25, 0.3) is 0 Å². The Morgan fingerprint density at radius 2 is 1.90 bits per heavy atom. The molecule has 0 aliphatic carbocycles. The second-order valence-electron chi connectivity index (χ2n) is 5.20. The Morgan fingerprint density at radius 1 is 1.20 bits per heavy atom. The van der Waals surface area contributed by atoms with Crippen LogP contribution in [0, 0.1) is 6.92 Å². The lowest BCUT2D eigenvalue weighted by atomic mass is 10.0. The molecule has 0 saturated carbocycles. The Bertz CT molecular complexity index is 389. The number of hydrogen-bond donors (Lipinski definition) is 1. The highest BCUT2D eigenvalue weighted by Gasteiger charge is 2.11. The molecule has 0 spiro atoms. The highest BCUT2D eigenvalue weighted by molar-refractivity contribution is 5.39. The van der Waals surface area contributed by atoms with Crippen molar-refractivity contribution in [3.05, 3.63) is 29.3 Å². The van der Waals surface area contributed by atoms with E-state index >= 15 is 0 Å². The summed E-state index contributed by atoms with van der Waals surface area (Å²) in [5.74, 6) is 1.02. The summed E-state index contributed by atoms with van der Waals surface area (Å²) in [6.07, 6.45) is 0. The van der Waals surface area contributed by atoms with Crippen molar-refractivity contribution in [3.63, 3.8) is 0 Å². The van der Waals surface area contributed by atoms with E-state index in [9.17, 15) is 0 Å². The van der Waals surface area contributed by atoms with E-state index < -0.39 is 0 Å². The SMILES string of the molecule is CCNC(C)c1ccc(C)cc1OCCN(CC)CC. The average molecular weight is 278 g/mol. The second-order valence-corrected chi connectivity index (χ2v) is 5.20. The lowest BCUT2D eigenvalue weighted by Crippen LogP contribution is -2.28. The van der Waals surface area contributed by atoms with E-state index in [4.69, 9.17) is 4.74 Å². The van der Waals surface area contributed by atoms with Crippen molar-refractivity contribution in [2.75, 3.05) is 32.8 Å². The zero-order valence-corrected chi connectivity index (χ0v) is 13.7. The molecule has 0 bridgehead atoms. The van der Waals surface area contributed by atoms with E-state index in [2.05, 4.69) is 63.0 Å². The third kappa shape index (κ3) is 5.14. The molecule has 0 fully saturated rings. The first kappa shape index (κ1) is 17.0. The minimum atomic E-state index is 0.323. The summed E-state index contributed by atoms with van der Waals surface area (Å²) in [4.78, 5) is 2.38. The predicted octanol–water partition coefficient (Wildman–Crippen LogP) is 3.39. The number of likely N-dealkylation sites (N-methyl/N-ethyl adjacent to an activating group) is 1. The zero-order valence-electron chi connectivity index (χ0n) is 13.7. The van der Waals surface area contributed by atoms with Gasteiger partial charge in [-0.3, -0.25) is 0 Å². The molecule has 0 aliphatic rings. The highest BCUT2D eigenvalue weighted by atomic mass is 16.5. The third-order valence-electron chi connectivity index (χ3n) is 3.71. The largest absolute Gasteiger partial charge is 0.492 e. The van der Waals surface area contributed by atoms with Crippen LogP contribution in [0.25, 0.3) is 0 Å². The summed E-state index contributed by atoms with van der Waals surface area (Å²) in [5.41, 5.74) is 2.49. The van der Waals surface area contributed by atoms with E-state index in [-0.39, 0.29) is 0 Å². The van der Waals surface area contributed by atoms with Gasteiger partial charge in [0.05, 0.1) is 0 Å². The van der Waals surface area contributed by atoms with Gasteiger partial charge in [-0.05, 0) is 45.1 Å². The molecule has 3 heteroatoms. The van der Waals surface area contributed by atoms with E-state index in [1.807, 2.05) is 0 Å². The lowest BCUT2D eigenvalue weighted by Gasteiger charge is -2.21. The Labute approximate surface area is 124 Å². The van der Waals surface area contributed by atoms with Crippen LogP contribution < -0.4 is 10.1 Å². The van der Waals surface area contributed by atoms with Crippen LogP contribution in [0.4, 0.5) is 0 Å². The van der Waals surface area contributed by atoms with E-state index in [1.54, 1.807) is 0 Å². The van der Waals surface area contributed by atoms with Crippen LogP contribution in [0.15, 0.2) is 18.2 Å². The van der Waals surface area contributed by atoms with Crippen molar-refractivity contribution >= 4 is 0 Å². The Balaban J connectivity index is 2.69. The predicted molar refractivity (Wildman–Crippen MR) is 86.6 cm³/mol. The van der Waals surface area contributed by atoms with E-state index in [0.29, 0.717) is 6.04 Å². The molecule has 0 aromatic heterocycles. The first-order valence-corrected chi connectivity index (χ1v) is 7.81. The molecular formula is C17H30N2O. The molecule has 1 N–H and O–H groups in total. The summed E-state index contributed by atoms with van der Waals surface area (Å²) >= 11 is 0. The molecule has 0 saturated heterocycles. The number of rotatable bonds is 9. The standard InChI is InChI=1S/C17H30N2O/c1-6-18-15(5)16-10-9-14(4)13-17(16)20-12-11-19(7-2)8-3/h9-10,13,15,18H,6-8,11-12H2,1-5H3. The third-order valence-corrected chi connectivity index (χ3v) is 3.71. The number of hydrogen-bond acceptors (Lipinski definition) is 3. The minimum Gasteiger partial charge on any atom is -0.492 e. The van der Waals surface area contributed by atoms with Crippen LogP contribution in [-0.2, 0) is 0 Å². The van der Waals surface area contributed by atoms with Gasteiger partial charge < -0.3 is 15.0 Å². The van der Waals surface area contributed by atoms with Crippen LogP contribution >= 0.6 is 0 Å². The molecule has 0 radical (unpaired) electrons. The topological polar surface area (TPSA) is 24.5 Å². The maximum atomic E-state index is 6.04. The number of nitrogens with zero attached hydrogens (tertiary/aromatic N) is 1. The number of ether oxygens (including phenoxy) is 1. The van der Waals surface area contributed by atoms with Crippen molar-refractivity contribution in [1.29, 1.82) is 0 Å². The smallest absolute Gasteiger partial charge is 0.124 e. The quantitative estimate of drug-likeness (QED) is 0.749. The number of aryl methyl sites for hydroxylation is 1. The molecule has 0 aliphatic heterocycles. The Hall–Kier alpha value is -1.06. The fourth-order valence-electron chi connectivity index (χ4n) is 2.36. The first-order valence-electron chi connectivity index (χ1n) is 7.81. The van der Waals surface area contributed by atoms with Crippen LogP contribution in [0.3, 0.4) is 0 Å². The van der Waals surface area contributed by atoms with Crippen LogP contribution in [-0.4, -0.2) is 37.7 Å². The molecule has 1 aromatic rings. The fraction of sp³-hybridized carbons (Fsp3) is 0.647. The van der Waals surface area contributed by atoms with Crippen molar-refractivity contribution < 1.29 is 4.74 Å². The molecule has 114 valence electrons. The van der Waals surface area contributed by atoms with Crippen LogP contribution in [0.1, 0.15) is 44.9 Å². The van der Waals surface area contributed by atoms with Crippen molar-refractivity contribution in [2.24, 2.45) is 0 Å². The minimum absolute atomic E-state index is 0.323. The molecule has 1 rings (SSSR count). The molecule has 20 heavy (non-hydrogen) atoms. The van der Waals surface area contributed by atoms with Gasteiger partial charge >= 0.3 is 0 Å².